The first-order valence-corrected chi connectivity index (χ1v) is 9.95. The van der Waals surface area contributed by atoms with Crippen LogP contribution in [-0.4, -0.2) is 18.2 Å². The van der Waals surface area contributed by atoms with Gasteiger partial charge in [-0.15, -0.1) is 11.3 Å². The minimum atomic E-state index is -0.0274. The number of aliphatic imine (C=N–C) groups is 1. The molecular weight excluding hydrogens is 328 g/mol. The molecule has 0 atom stereocenters. The molecular formula is C21H26N2OS. The predicted molar refractivity (Wildman–Crippen MR) is 107 cm³/mol. The number of unbranched alkanes of at least 4 members (excludes halogenated alkanes) is 3. The third kappa shape index (κ3) is 4.18. The molecule has 3 rings (SSSR count). The first kappa shape index (κ1) is 17.9. The molecule has 1 N–H and O–H groups in total. The highest BCUT2D eigenvalue weighted by Gasteiger charge is 2.22. The summed E-state index contributed by atoms with van der Waals surface area (Å²) in [5.41, 5.74) is 5.59. The lowest BCUT2D eigenvalue weighted by molar-refractivity contribution is -0.114. The van der Waals surface area contributed by atoms with E-state index in [9.17, 15) is 4.79 Å². The van der Waals surface area contributed by atoms with E-state index in [1.54, 1.807) is 11.3 Å². The van der Waals surface area contributed by atoms with Crippen LogP contribution in [-0.2, 0) is 11.2 Å². The highest BCUT2D eigenvalue weighted by atomic mass is 32.1. The molecule has 0 saturated carbocycles. The van der Waals surface area contributed by atoms with Crippen LogP contribution in [0.15, 0.2) is 29.3 Å². The second-order valence-electron chi connectivity index (χ2n) is 6.80. The number of anilines is 1. The lowest BCUT2D eigenvalue weighted by atomic mass is 9.97. The van der Waals surface area contributed by atoms with E-state index in [1.807, 2.05) is 0 Å². The van der Waals surface area contributed by atoms with Crippen LogP contribution in [0.3, 0.4) is 0 Å². The van der Waals surface area contributed by atoms with Crippen LogP contribution in [0.5, 0.6) is 0 Å². The van der Waals surface area contributed by atoms with Gasteiger partial charge in [0.15, 0.2) is 0 Å². The second kappa shape index (κ2) is 7.96. The number of thiophene rings is 1. The molecule has 0 fully saturated rings. The first-order chi connectivity index (χ1) is 12.1. The van der Waals surface area contributed by atoms with Crippen molar-refractivity contribution in [1.29, 1.82) is 0 Å². The number of carbonyl (C=O) groups excluding carboxylic acids is 1. The maximum atomic E-state index is 12.1. The third-order valence-corrected chi connectivity index (χ3v) is 5.70. The second-order valence-corrected chi connectivity index (χ2v) is 7.93. The van der Waals surface area contributed by atoms with Gasteiger partial charge in [-0.3, -0.25) is 9.79 Å². The fourth-order valence-corrected chi connectivity index (χ4v) is 4.39. The molecule has 1 aromatic carbocycles. The van der Waals surface area contributed by atoms with E-state index >= 15 is 0 Å². The minimum Gasteiger partial charge on any atom is -0.316 e. The molecule has 2 heterocycles. The molecule has 25 heavy (non-hydrogen) atoms. The number of fused-ring (bicyclic) bond motifs is 1. The number of hydrogen-bond acceptors (Lipinski definition) is 3. The molecule has 1 aromatic heterocycles. The van der Waals surface area contributed by atoms with Gasteiger partial charge in [0.25, 0.3) is 0 Å². The Labute approximate surface area is 154 Å². The van der Waals surface area contributed by atoms with Crippen molar-refractivity contribution in [3.05, 3.63) is 51.4 Å². The highest BCUT2D eigenvalue weighted by molar-refractivity contribution is 7.16. The summed E-state index contributed by atoms with van der Waals surface area (Å²) in [7, 11) is 0. The Hall–Kier alpha value is -1.94. The molecule has 4 heteroatoms. The number of hydrogen-bond donors (Lipinski definition) is 1. The Balaban J connectivity index is 1.93. The van der Waals surface area contributed by atoms with E-state index in [-0.39, 0.29) is 12.5 Å². The maximum Gasteiger partial charge on any atom is 0.246 e. The zero-order valence-corrected chi connectivity index (χ0v) is 16.1. The van der Waals surface area contributed by atoms with E-state index < -0.39 is 0 Å². The number of carbonyl (C=O) groups is 1. The van der Waals surface area contributed by atoms with E-state index in [4.69, 9.17) is 0 Å². The summed E-state index contributed by atoms with van der Waals surface area (Å²) in [5, 5.41) is 3.99. The van der Waals surface area contributed by atoms with Gasteiger partial charge in [-0.1, -0.05) is 49.9 Å². The summed E-state index contributed by atoms with van der Waals surface area (Å²) < 4.78 is 0. The van der Waals surface area contributed by atoms with Gasteiger partial charge >= 0.3 is 0 Å². The fraction of sp³-hybridized carbons (Fsp3) is 0.429. The largest absolute Gasteiger partial charge is 0.316 e. The molecule has 1 aliphatic heterocycles. The van der Waals surface area contributed by atoms with Gasteiger partial charge in [0.05, 0.1) is 5.71 Å². The number of amides is 1. The van der Waals surface area contributed by atoms with Crippen molar-refractivity contribution in [2.45, 2.75) is 52.9 Å². The van der Waals surface area contributed by atoms with Gasteiger partial charge in [-0.05, 0) is 38.3 Å². The minimum absolute atomic E-state index is 0.0274. The monoisotopic (exact) mass is 354 g/mol. The normalized spacial score (nSPS) is 13.9. The molecule has 2 aromatic rings. The quantitative estimate of drug-likeness (QED) is 0.705. The number of rotatable bonds is 6. The number of nitrogens with one attached hydrogen (secondary N) is 1. The average molecular weight is 355 g/mol. The summed E-state index contributed by atoms with van der Waals surface area (Å²) in [6, 6.07) is 8.65. The molecule has 0 unspecified atom stereocenters. The predicted octanol–water partition coefficient (Wildman–Crippen LogP) is 5.28. The third-order valence-electron chi connectivity index (χ3n) is 4.59. The van der Waals surface area contributed by atoms with Gasteiger partial charge in [0.2, 0.25) is 5.91 Å². The van der Waals surface area contributed by atoms with Crippen molar-refractivity contribution in [2.24, 2.45) is 4.99 Å². The van der Waals surface area contributed by atoms with Crippen molar-refractivity contribution in [2.75, 3.05) is 11.9 Å². The SMILES string of the molecule is CCCCCCc1cc2c(s1)NC(=O)CN=C2c1ccc(C)cc1C. The lowest BCUT2D eigenvalue weighted by Crippen LogP contribution is -2.12. The lowest BCUT2D eigenvalue weighted by Gasteiger charge is -2.09. The van der Waals surface area contributed by atoms with Crippen LogP contribution in [0, 0.1) is 13.8 Å². The smallest absolute Gasteiger partial charge is 0.246 e. The molecule has 0 aliphatic carbocycles. The number of aryl methyl sites for hydroxylation is 3. The Morgan fingerprint density at radius 1 is 1.12 bits per heavy atom. The molecule has 0 bridgehead atoms. The Bertz CT molecular complexity index is 804. The summed E-state index contributed by atoms with van der Waals surface area (Å²) in [4.78, 5) is 18.0. The summed E-state index contributed by atoms with van der Waals surface area (Å²) in [6.07, 6.45) is 6.09. The first-order valence-electron chi connectivity index (χ1n) is 9.13. The molecule has 1 amide bonds. The van der Waals surface area contributed by atoms with Gasteiger partial charge in [0.1, 0.15) is 11.5 Å². The van der Waals surface area contributed by atoms with Gasteiger partial charge in [-0.25, -0.2) is 0 Å². The average Bonchev–Trinajstić information content (AvgIpc) is 2.89. The topological polar surface area (TPSA) is 41.5 Å². The summed E-state index contributed by atoms with van der Waals surface area (Å²) >= 11 is 1.71. The Morgan fingerprint density at radius 2 is 1.96 bits per heavy atom. The van der Waals surface area contributed by atoms with Crippen LogP contribution in [0.2, 0.25) is 0 Å². The highest BCUT2D eigenvalue weighted by Crippen LogP contribution is 2.33. The zero-order chi connectivity index (χ0) is 17.8. The van der Waals surface area contributed by atoms with Crippen LogP contribution < -0.4 is 5.32 Å². The van der Waals surface area contributed by atoms with Crippen molar-refractivity contribution in [3.63, 3.8) is 0 Å². The van der Waals surface area contributed by atoms with Crippen LogP contribution in [0.4, 0.5) is 5.00 Å². The Morgan fingerprint density at radius 3 is 2.72 bits per heavy atom. The summed E-state index contributed by atoms with van der Waals surface area (Å²) in [5.74, 6) is -0.0274. The molecule has 0 saturated heterocycles. The number of benzene rings is 1. The van der Waals surface area contributed by atoms with Crippen LogP contribution >= 0.6 is 11.3 Å². The van der Waals surface area contributed by atoms with Crippen molar-refractivity contribution in [1.82, 2.24) is 0 Å². The van der Waals surface area contributed by atoms with Crippen LogP contribution in [0.25, 0.3) is 0 Å². The van der Waals surface area contributed by atoms with Gasteiger partial charge in [0, 0.05) is 16.0 Å². The zero-order valence-electron chi connectivity index (χ0n) is 15.3. The van der Waals surface area contributed by atoms with Gasteiger partial charge < -0.3 is 5.32 Å². The fourth-order valence-electron chi connectivity index (χ4n) is 3.27. The van der Waals surface area contributed by atoms with E-state index in [1.165, 1.54) is 41.7 Å². The van der Waals surface area contributed by atoms with Gasteiger partial charge in [-0.2, -0.15) is 0 Å². The maximum absolute atomic E-state index is 12.1. The molecule has 1 aliphatic rings. The van der Waals surface area contributed by atoms with Crippen molar-refractivity contribution < 1.29 is 4.79 Å². The molecule has 3 nitrogen and oxygen atoms in total. The van der Waals surface area contributed by atoms with E-state index in [0.29, 0.717) is 0 Å². The Kier molecular flexibility index (Phi) is 5.69. The standard InChI is InChI=1S/C21H26N2OS/c1-4-5-6-7-8-16-12-18-20(17-10-9-14(2)11-15(17)3)22-13-19(24)23-21(18)25-16/h9-12H,4-8,13H2,1-3H3,(H,23,24). The summed E-state index contributed by atoms with van der Waals surface area (Å²) in [6.45, 7) is 6.63. The van der Waals surface area contributed by atoms with E-state index in [2.05, 4.69) is 55.3 Å². The van der Waals surface area contributed by atoms with E-state index in [0.717, 1.165) is 28.3 Å². The van der Waals surface area contributed by atoms with Crippen LogP contribution in [0.1, 0.15) is 59.7 Å². The van der Waals surface area contributed by atoms with Crippen molar-refractivity contribution >= 4 is 28.0 Å². The molecule has 0 radical (unpaired) electrons. The molecule has 132 valence electrons. The molecule has 0 spiro atoms. The number of nitrogens with zero attached hydrogens (tertiary/aromatic N) is 1. The van der Waals surface area contributed by atoms with Crippen molar-refractivity contribution in [3.8, 4) is 0 Å².